The molecule has 0 aliphatic rings. The molecule has 0 aliphatic heterocycles. The molecule has 2 heteroatoms. The van der Waals surface area contributed by atoms with E-state index in [0.29, 0.717) is 0 Å². The fourth-order valence-electron chi connectivity index (χ4n) is 3.45. The number of para-hydroxylation sites is 1. The highest BCUT2D eigenvalue weighted by atomic mass is 14.9. The van der Waals surface area contributed by atoms with E-state index in [2.05, 4.69) is 71.0 Å². The topological polar surface area (TPSA) is 24.9 Å². The largest absolute Gasteiger partial charge is 0.355 e. The molecule has 0 spiro atoms. The molecule has 2 nitrogen and oxygen atoms in total. The Balaban J connectivity index is 1.82. The van der Waals surface area contributed by atoms with E-state index in [1.54, 1.807) is 0 Å². The third kappa shape index (κ3) is 2.39. The van der Waals surface area contributed by atoms with Crippen LogP contribution in [0.2, 0.25) is 0 Å². The molecular formula is C23H16N2. The molecule has 0 saturated heterocycles. The number of anilines is 2. The minimum Gasteiger partial charge on any atom is -0.355 e. The molecular weight excluding hydrogens is 304 g/mol. The fraction of sp³-hybridized carbons (Fsp3) is 0. The molecule has 25 heavy (non-hydrogen) atoms. The number of fused-ring (bicyclic) bond motifs is 4. The molecule has 0 saturated carbocycles. The van der Waals surface area contributed by atoms with Crippen LogP contribution in [0.1, 0.15) is 0 Å². The summed E-state index contributed by atoms with van der Waals surface area (Å²) in [7, 11) is 0. The van der Waals surface area contributed by atoms with Crippen molar-refractivity contribution in [3.05, 3.63) is 91.1 Å². The van der Waals surface area contributed by atoms with E-state index in [-0.39, 0.29) is 0 Å². The maximum absolute atomic E-state index is 4.57. The van der Waals surface area contributed by atoms with Gasteiger partial charge in [0.25, 0.3) is 0 Å². The Morgan fingerprint density at radius 1 is 0.640 bits per heavy atom. The number of aromatic nitrogens is 1. The average molecular weight is 320 g/mol. The Morgan fingerprint density at radius 3 is 2.24 bits per heavy atom. The average Bonchev–Trinajstić information content (AvgIpc) is 2.67. The number of pyridine rings is 1. The molecule has 0 unspecified atom stereocenters. The van der Waals surface area contributed by atoms with Gasteiger partial charge >= 0.3 is 0 Å². The normalized spacial score (nSPS) is 11.2. The van der Waals surface area contributed by atoms with Crippen LogP contribution in [0, 0.1) is 0 Å². The van der Waals surface area contributed by atoms with Crippen LogP contribution in [0.15, 0.2) is 91.1 Å². The number of rotatable bonds is 2. The molecule has 118 valence electrons. The first kappa shape index (κ1) is 14.0. The number of hydrogen-bond donors (Lipinski definition) is 1. The first-order chi connectivity index (χ1) is 12.4. The molecule has 1 aromatic heterocycles. The van der Waals surface area contributed by atoms with Crippen molar-refractivity contribution >= 4 is 43.8 Å². The van der Waals surface area contributed by atoms with Crippen molar-refractivity contribution in [2.24, 2.45) is 0 Å². The van der Waals surface area contributed by atoms with E-state index in [1.165, 1.54) is 21.5 Å². The predicted octanol–water partition coefficient (Wildman–Crippen LogP) is 6.28. The highest BCUT2D eigenvalue weighted by Crippen LogP contribution is 2.34. The smallest absolute Gasteiger partial charge is 0.0729 e. The molecule has 0 radical (unpaired) electrons. The highest BCUT2D eigenvalue weighted by Gasteiger charge is 2.08. The molecule has 4 aromatic carbocycles. The molecule has 5 rings (SSSR count). The summed E-state index contributed by atoms with van der Waals surface area (Å²) in [6.07, 6.45) is 1.86. The lowest BCUT2D eigenvalue weighted by Gasteiger charge is -2.12. The number of benzene rings is 4. The summed E-state index contributed by atoms with van der Waals surface area (Å²) in [5, 5.41) is 9.67. The lowest BCUT2D eigenvalue weighted by atomic mass is 9.99. The Hall–Kier alpha value is -3.39. The van der Waals surface area contributed by atoms with Gasteiger partial charge in [-0.3, -0.25) is 4.98 Å². The van der Waals surface area contributed by atoms with Gasteiger partial charge < -0.3 is 5.32 Å². The van der Waals surface area contributed by atoms with Crippen molar-refractivity contribution in [2.75, 3.05) is 5.32 Å². The first-order valence-corrected chi connectivity index (χ1v) is 8.41. The van der Waals surface area contributed by atoms with E-state index >= 15 is 0 Å². The zero-order valence-corrected chi connectivity index (χ0v) is 13.6. The van der Waals surface area contributed by atoms with Crippen LogP contribution in [0.4, 0.5) is 11.4 Å². The molecule has 0 aliphatic carbocycles. The van der Waals surface area contributed by atoms with Crippen molar-refractivity contribution in [1.82, 2.24) is 4.98 Å². The quantitative estimate of drug-likeness (QED) is 0.305. The predicted molar refractivity (Wildman–Crippen MR) is 106 cm³/mol. The molecule has 0 atom stereocenters. The van der Waals surface area contributed by atoms with Gasteiger partial charge in [-0.15, -0.1) is 0 Å². The monoisotopic (exact) mass is 320 g/mol. The number of hydrogen-bond acceptors (Lipinski definition) is 2. The minimum absolute atomic E-state index is 1.00. The molecule has 1 heterocycles. The van der Waals surface area contributed by atoms with Crippen LogP contribution < -0.4 is 5.32 Å². The van der Waals surface area contributed by atoms with Crippen LogP contribution in [0.3, 0.4) is 0 Å². The summed E-state index contributed by atoms with van der Waals surface area (Å²) in [4.78, 5) is 4.57. The van der Waals surface area contributed by atoms with Crippen LogP contribution in [0.25, 0.3) is 32.4 Å². The second kappa shape index (κ2) is 5.60. The van der Waals surface area contributed by atoms with Crippen molar-refractivity contribution in [3.63, 3.8) is 0 Å². The minimum atomic E-state index is 1.00. The highest BCUT2D eigenvalue weighted by molar-refractivity contribution is 6.15. The van der Waals surface area contributed by atoms with Gasteiger partial charge in [0.15, 0.2) is 0 Å². The lowest BCUT2D eigenvalue weighted by Crippen LogP contribution is -1.93. The van der Waals surface area contributed by atoms with Crippen molar-refractivity contribution < 1.29 is 0 Å². The summed E-state index contributed by atoms with van der Waals surface area (Å²) in [5.41, 5.74) is 3.16. The second-order valence-electron chi connectivity index (χ2n) is 6.23. The van der Waals surface area contributed by atoms with E-state index in [4.69, 9.17) is 0 Å². The Labute approximate surface area is 145 Å². The Morgan fingerprint density at radius 2 is 1.40 bits per heavy atom. The molecule has 5 aromatic rings. The summed E-state index contributed by atoms with van der Waals surface area (Å²) in [6, 6.07) is 29.6. The van der Waals surface area contributed by atoms with Gasteiger partial charge in [-0.05, 0) is 57.9 Å². The van der Waals surface area contributed by atoms with Crippen LogP contribution in [-0.2, 0) is 0 Å². The molecule has 1 N–H and O–H groups in total. The molecule has 0 bridgehead atoms. The van der Waals surface area contributed by atoms with E-state index in [1.807, 2.05) is 30.5 Å². The van der Waals surface area contributed by atoms with Gasteiger partial charge in [0, 0.05) is 17.3 Å². The third-order valence-electron chi connectivity index (χ3n) is 4.64. The second-order valence-corrected chi connectivity index (χ2v) is 6.23. The number of nitrogens with one attached hydrogen (secondary N) is 1. The fourth-order valence-corrected chi connectivity index (χ4v) is 3.45. The molecule has 0 amide bonds. The first-order valence-electron chi connectivity index (χ1n) is 8.41. The Bertz CT molecular complexity index is 1210. The van der Waals surface area contributed by atoms with Crippen LogP contribution in [-0.4, -0.2) is 4.98 Å². The summed E-state index contributed by atoms with van der Waals surface area (Å²) < 4.78 is 0. The van der Waals surface area contributed by atoms with Crippen molar-refractivity contribution in [2.45, 2.75) is 0 Å². The van der Waals surface area contributed by atoms with Gasteiger partial charge in [0.05, 0.1) is 11.2 Å². The van der Waals surface area contributed by atoms with Gasteiger partial charge in [-0.2, -0.15) is 0 Å². The number of nitrogens with zero attached hydrogens (tertiary/aromatic N) is 1. The van der Waals surface area contributed by atoms with Gasteiger partial charge in [-0.25, -0.2) is 0 Å². The SMILES string of the molecule is c1ccc(Nc2ccnc3ccc4cc5ccccc5cc4c23)cc1. The lowest BCUT2D eigenvalue weighted by molar-refractivity contribution is 1.41. The summed E-state index contributed by atoms with van der Waals surface area (Å²) >= 11 is 0. The maximum atomic E-state index is 4.57. The zero-order valence-electron chi connectivity index (χ0n) is 13.6. The van der Waals surface area contributed by atoms with Crippen LogP contribution >= 0.6 is 0 Å². The van der Waals surface area contributed by atoms with Gasteiger partial charge in [0.2, 0.25) is 0 Å². The standard InChI is InChI=1S/C23H16N2/c1-2-8-19(9-3-1)25-22-12-13-24-21-11-10-18-14-16-6-4-5-7-17(16)15-20(18)23(21)22/h1-15H,(H,24,25). The van der Waals surface area contributed by atoms with Gasteiger partial charge in [-0.1, -0.05) is 48.5 Å². The summed E-state index contributed by atoms with van der Waals surface area (Å²) in [6.45, 7) is 0. The van der Waals surface area contributed by atoms with E-state index in [0.717, 1.165) is 22.3 Å². The van der Waals surface area contributed by atoms with Crippen molar-refractivity contribution in [1.29, 1.82) is 0 Å². The molecule has 0 fully saturated rings. The Kier molecular flexibility index (Phi) is 3.14. The zero-order chi connectivity index (χ0) is 16.6. The third-order valence-corrected chi connectivity index (χ3v) is 4.64. The van der Waals surface area contributed by atoms with Gasteiger partial charge in [0.1, 0.15) is 0 Å². The maximum Gasteiger partial charge on any atom is 0.0729 e. The van der Waals surface area contributed by atoms with E-state index in [9.17, 15) is 0 Å². The summed E-state index contributed by atoms with van der Waals surface area (Å²) in [5.74, 6) is 0. The van der Waals surface area contributed by atoms with E-state index < -0.39 is 0 Å². The van der Waals surface area contributed by atoms with Crippen LogP contribution in [0.5, 0.6) is 0 Å². The van der Waals surface area contributed by atoms with Crippen molar-refractivity contribution in [3.8, 4) is 0 Å².